The van der Waals surface area contributed by atoms with Gasteiger partial charge in [0.05, 0.1) is 24.9 Å². The molecule has 3 rings (SSSR count). The van der Waals surface area contributed by atoms with Crippen LogP contribution in [0.4, 0.5) is 0 Å². The van der Waals surface area contributed by atoms with Crippen LogP contribution in [0.1, 0.15) is 90.4 Å². The van der Waals surface area contributed by atoms with Crippen molar-refractivity contribution in [2.24, 2.45) is 5.92 Å². The lowest BCUT2D eigenvalue weighted by Gasteiger charge is -2.19. The fourth-order valence-corrected chi connectivity index (χ4v) is 4.18. The van der Waals surface area contributed by atoms with Crippen molar-refractivity contribution in [3.05, 3.63) is 36.7 Å². The normalized spacial score (nSPS) is 14.3. The number of hydrogen-bond donors (Lipinski definition) is 0. The minimum absolute atomic E-state index is 0.0155. The van der Waals surface area contributed by atoms with E-state index in [2.05, 4.69) is 16.9 Å². The zero-order chi connectivity index (χ0) is 22.4. The molecular formula is C27H38N2O3. The molecular weight excluding hydrogens is 400 g/mol. The zero-order valence-electron chi connectivity index (χ0n) is 19.6. The van der Waals surface area contributed by atoms with Crippen LogP contribution < -0.4 is 9.47 Å². The molecule has 0 aliphatic heterocycles. The number of carbonyl (C=O) groups excluding carboxylic acids is 1. The summed E-state index contributed by atoms with van der Waals surface area (Å²) in [6, 6.07) is 7.85. The lowest BCUT2D eigenvalue weighted by Crippen LogP contribution is -2.22. The summed E-state index contributed by atoms with van der Waals surface area (Å²) in [5, 5.41) is 0. The summed E-state index contributed by atoms with van der Waals surface area (Å²) < 4.78 is 11.3. The van der Waals surface area contributed by atoms with Crippen molar-refractivity contribution >= 4 is 5.97 Å². The number of rotatable bonds is 13. The molecule has 0 saturated heterocycles. The van der Waals surface area contributed by atoms with Crippen molar-refractivity contribution in [2.75, 3.05) is 6.61 Å². The monoisotopic (exact) mass is 438 g/mol. The van der Waals surface area contributed by atoms with Gasteiger partial charge in [0.2, 0.25) is 0 Å². The molecule has 0 unspecified atom stereocenters. The number of aromatic nitrogens is 2. The smallest absolute Gasteiger partial charge is 0.314 e. The first kappa shape index (κ1) is 24.2. The average molecular weight is 439 g/mol. The first-order chi connectivity index (χ1) is 15.8. The number of unbranched alkanes of at least 4 members (excludes halogenated alkanes) is 7. The summed E-state index contributed by atoms with van der Waals surface area (Å²) in [4.78, 5) is 21.0. The van der Waals surface area contributed by atoms with Crippen molar-refractivity contribution in [1.82, 2.24) is 9.97 Å². The second-order valence-electron chi connectivity index (χ2n) is 8.85. The summed E-state index contributed by atoms with van der Waals surface area (Å²) in [7, 11) is 0. The van der Waals surface area contributed by atoms with Gasteiger partial charge in [-0.2, -0.15) is 0 Å². The highest BCUT2D eigenvalue weighted by Gasteiger charge is 2.23. The van der Waals surface area contributed by atoms with Gasteiger partial charge in [-0.1, -0.05) is 71.1 Å². The van der Waals surface area contributed by atoms with Gasteiger partial charge in [-0.25, -0.2) is 9.97 Å². The maximum atomic E-state index is 12.3. The average Bonchev–Trinajstić information content (AvgIpc) is 2.84. The van der Waals surface area contributed by atoms with E-state index in [9.17, 15) is 4.79 Å². The van der Waals surface area contributed by atoms with Crippen molar-refractivity contribution < 1.29 is 14.3 Å². The molecule has 1 heterocycles. The van der Waals surface area contributed by atoms with Crippen LogP contribution in [0.25, 0.3) is 11.4 Å². The van der Waals surface area contributed by atoms with Crippen LogP contribution >= 0.6 is 0 Å². The molecule has 0 amide bonds. The highest BCUT2D eigenvalue weighted by molar-refractivity contribution is 5.75. The van der Waals surface area contributed by atoms with Crippen LogP contribution in [0.3, 0.4) is 0 Å². The lowest BCUT2D eigenvalue weighted by atomic mass is 9.89. The number of benzene rings is 1. The fraction of sp³-hybridized carbons (Fsp3) is 0.593. The molecule has 1 aliphatic rings. The van der Waals surface area contributed by atoms with Crippen molar-refractivity contribution in [3.63, 3.8) is 0 Å². The Bertz CT molecular complexity index is 784. The van der Waals surface area contributed by atoms with Crippen molar-refractivity contribution in [2.45, 2.75) is 90.4 Å². The molecule has 0 atom stereocenters. The van der Waals surface area contributed by atoms with Crippen molar-refractivity contribution in [1.29, 1.82) is 0 Å². The van der Waals surface area contributed by atoms with E-state index in [1.165, 1.54) is 51.4 Å². The Morgan fingerprint density at radius 3 is 2.12 bits per heavy atom. The third kappa shape index (κ3) is 8.25. The Hall–Kier alpha value is -2.43. The number of carbonyl (C=O) groups is 1. The van der Waals surface area contributed by atoms with Gasteiger partial charge in [-0.05, 0) is 43.5 Å². The first-order valence-electron chi connectivity index (χ1n) is 12.5. The number of hydrogen-bond acceptors (Lipinski definition) is 5. The molecule has 5 heteroatoms. The summed E-state index contributed by atoms with van der Waals surface area (Å²) in [6.45, 7) is 3.01. The van der Waals surface area contributed by atoms with E-state index in [0.717, 1.165) is 50.0 Å². The van der Waals surface area contributed by atoms with E-state index in [-0.39, 0.29) is 11.9 Å². The van der Waals surface area contributed by atoms with Gasteiger partial charge in [0.25, 0.3) is 0 Å². The summed E-state index contributed by atoms with van der Waals surface area (Å²) in [5.41, 5.74) is 0.912. The largest absolute Gasteiger partial charge is 0.494 e. The standard InChI is InChI=1S/C27H38N2O3/c1-2-3-4-5-6-7-8-12-19-31-24-17-15-22(16-18-24)26-28-20-25(21-29-26)32-27(30)23-13-10-9-11-14-23/h15-18,20-21,23H,2-14,19H2,1H3. The molecule has 32 heavy (non-hydrogen) atoms. The molecule has 1 fully saturated rings. The van der Waals surface area contributed by atoms with Crippen LogP contribution in [0.15, 0.2) is 36.7 Å². The van der Waals surface area contributed by atoms with Crippen LogP contribution in [0.2, 0.25) is 0 Å². The lowest BCUT2D eigenvalue weighted by molar-refractivity contribution is -0.140. The van der Waals surface area contributed by atoms with E-state index >= 15 is 0 Å². The molecule has 1 aliphatic carbocycles. The maximum absolute atomic E-state index is 12.3. The molecule has 1 saturated carbocycles. The first-order valence-corrected chi connectivity index (χ1v) is 12.5. The fourth-order valence-electron chi connectivity index (χ4n) is 4.18. The Kier molecular flexibility index (Phi) is 10.5. The van der Waals surface area contributed by atoms with Gasteiger partial charge in [0, 0.05) is 5.56 Å². The molecule has 2 aromatic rings. The predicted molar refractivity (Wildman–Crippen MR) is 128 cm³/mol. The molecule has 174 valence electrons. The molecule has 0 radical (unpaired) electrons. The minimum Gasteiger partial charge on any atom is -0.494 e. The van der Waals surface area contributed by atoms with Gasteiger partial charge >= 0.3 is 5.97 Å². The second kappa shape index (κ2) is 13.9. The van der Waals surface area contributed by atoms with Gasteiger partial charge < -0.3 is 9.47 Å². The highest BCUT2D eigenvalue weighted by atomic mass is 16.5. The van der Waals surface area contributed by atoms with Gasteiger partial charge in [0.1, 0.15) is 5.75 Å². The van der Waals surface area contributed by atoms with Gasteiger partial charge in [0.15, 0.2) is 11.6 Å². The van der Waals surface area contributed by atoms with Crippen LogP contribution in [0.5, 0.6) is 11.5 Å². The molecule has 0 spiro atoms. The topological polar surface area (TPSA) is 61.3 Å². The predicted octanol–water partition coefficient (Wildman–Crippen LogP) is 7.15. The molecule has 0 N–H and O–H groups in total. The number of ether oxygens (including phenoxy) is 2. The van der Waals surface area contributed by atoms with E-state index in [1.807, 2.05) is 24.3 Å². The molecule has 5 nitrogen and oxygen atoms in total. The zero-order valence-corrected chi connectivity index (χ0v) is 19.6. The summed E-state index contributed by atoms with van der Waals surface area (Å²) in [5.74, 6) is 1.75. The molecule has 0 bridgehead atoms. The Morgan fingerprint density at radius 1 is 0.844 bits per heavy atom. The Balaban J connectivity index is 1.37. The third-order valence-corrected chi connectivity index (χ3v) is 6.16. The van der Waals surface area contributed by atoms with E-state index in [4.69, 9.17) is 9.47 Å². The van der Waals surface area contributed by atoms with E-state index in [1.54, 1.807) is 12.4 Å². The minimum atomic E-state index is -0.154. The number of nitrogens with zero attached hydrogens (tertiary/aromatic N) is 2. The maximum Gasteiger partial charge on any atom is 0.314 e. The molecule has 1 aromatic heterocycles. The quantitative estimate of drug-likeness (QED) is 0.245. The van der Waals surface area contributed by atoms with Crippen LogP contribution in [-0.4, -0.2) is 22.5 Å². The Labute approximate surface area is 193 Å². The van der Waals surface area contributed by atoms with Crippen LogP contribution in [-0.2, 0) is 4.79 Å². The summed E-state index contributed by atoms with van der Waals surface area (Å²) in [6.07, 6.45) is 18.8. The van der Waals surface area contributed by atoms with Crippen molar-refractivity contribution in [3.8, 4) is 22.9 Å². The summed E-state index contributed by atoms with van der Waals surface area (Å²) >= 11 is 0. The Morgan fingerprint density at radius 2 is 1.47 bits per heavy atom. The highest BCUT2D eigenvalue weighted by Crippen LogP contribution is 2.26. The second-order valence-corrected chi connectivity index (χ2v) is 8.85. The third-order valence-electron chi connectivity index (χ3n) is 6.16. The van der Waals surface area contributed by atoms with Crippen LogP contribution in [0, 0.1) is 5.92 Å². The van der Waals surface area contributed by atoms with Gasteiger partial charge in [-0.3, -0.25) is 4.79 Å². The van der Waals surface area contributed by atoms with E-state index < -0.39 is 0 Å². The van der Waals surface area contributed by atoms with E-state index in [0.29, 0.717) is 11.6 Å². The number of esters is 1. The van der Waals surface area contributed by atoms with Gasteiger partial charge in [-0.15, -0.1) is 0 Å². The molecule has 1 aromatic carbocycles. The SMILES string of the molecule is CCCCCCCCCCOc1ccc(-c2ncc(OC(=O)C3CCCCC3)cn2)cc1.